The molecule has 2 aromatic carbocycles. The second kappa shape index (κ2) is 13.4. The fourth-order valence-corrected chi connectivity index (χ4v) is 11.0. The third-order valence-electron chi connectivity index (χ3n) is 14.0. The van der Waals surface area contributed by atoms with Gasteiger partial charge in [0.25, 0.3) is 0 Å². The SMILES string of the molecule is CC(=O)N[C@H](O)[C@H](O)[C@]1(C)CC[C@H](C(C)C)[C@@H]1c1cc([C@]2(O)Cc3cc(=O)c(O)c(C)c4c3[C@@H](O2)[C@H](O)[C@]2(C)CC[C@H](C(C)C)[C@H]42)cc(=O)c(O)c1C. The predicted octanol–water partition coefficient (Wildman–Crippen LogP) is 4.40. The number of carbonyl (C=O) groups excluding carboxylic acids is 1. The van der Waals surface area contributed by atoms with Crippen LogP contribution in [-0.4, -0.2) is 55.0 Å². The van der Waals surface area contributed by atoms with Crippen LogP contribution in [0.5, 0.6) is 11.5 Å². The van der Waals surface area contributed by atoms with Crippen molar-refractivity contribution < 1.29 is 40.2 Å². The van der Waals surface area contributed by atoms with E-state index in [9.17, 15) is 45.0 Å². The minimum atomic E-state index is -2.28. The number of amides is 1. The molecule has 2 aromatic rings. The summed E-state index contributed by atoms with van der Waals surface area (Å²) >= 11 is 0. The van der Waals surface area contributed by atoms with E-state index in [0.29, 0.717) is 41.5 Å². The summed E-state index contributed by atoms with van der Waals surface area (Å²) in [7, 11) is 0. The zero-order valence-electron chi connectivity index (χ0n) is 32.4. The molecule has 1 heterocycles. The maximum absolute atomic E-state index is 13.7. The van der Waals surface area contributed by atoms with Gasteiger partial charge in [-0.3, -0.25) is 14.4 Å². The first kappa shape index (κ1) is 39.3. The molecule has 0 saturated heterocycles. The fraction of sp³-hybridized carbons (Fsp3) is 0.643. The lowest BCUT2D eigenvalue weighted by Gasteiger charge is -2.52. The Hall–Kier alpha value is -3.35. The zero-order valence-corrected chi connectivity index (χ0v) is 32.4. The standard InChI is InChI=1S/C42H57NO10/c1-18(2)25-10-12-40(8,38(50)39(51)43-22(7)44)32(25)27-15-24(16-29(46)34(47)20(27)5)42(52)17-23-14-28(45)35(48)21(6)30-31(23)36(53-42)37(49)41(9)13-11-26(19(3)4)33(30)41/h14-16,18-19,25-26,32-33,36-39,49-52H,10-13,17H2,1-9H3,(H,43,44)(H,45,48)(H,46,47)/t25-,26-,32-,33-,36-,37+,38+,39-,40-,41-,42+/m1/s1. The number of ether oxygens (including phenoxy) is 1. The lowest BCUT2D eigenvalue weighted by atomic mass is 9.59. The molecule has 53 heavy (non-hydrogen) atoms. The van der Waals surface area contributed by atoms with Gasteiger partial charge >= 0.3 is 0 Å². The Balaban J connectivity index is 1.59. The van der Waals surface area contributed by atoms with Crippen LogP contribution < -0.4 is 16.2 Å². The highest BCUT2D eigenvalue weighted by Crippen LogP contribution is 2.65. The first-order chi connectivity index (χ1) is 24.6. The van der Waals surface area contributed by atoms with Gasteiger partial charge in [0.1, 0.15) is 12.2 Å². The number of aliphatic hydroxyl groups is 4. The molecule has 0 radical (unpaired) electrons. The van der Waals surface area contributed by atoms with Gasteiger partial charge in [-0.25, -0.2) is 0 Å². The number of fused-ring (bicyclic) bond motifs is 2. The van der Waals surface area contributed by atoms with Gasteiger partial charge < -0.3 is 40.7 Å². The zero-order chi connectivity index (χ0) is 39.3. The highest BCUT2D eigenvalue weighted by atomic mass is 16.6. The van der Waals surface area contributed by atoms with Gasteiger partial charge in [-0.15, -0.1) is 0 Å². The van der Waals surface area contributed by atoms with Gasteiger partial charge in [-0.05, 0) is 127 Å². The van der Waals surface area contributed by atoms with Gasteiger partial charge in [0.2, 0.25) is 16.8 Å². The molecule has 2 fully saturated rings. The molecule has 11 heteroatoms. The van der Waals surface area contributed by atoms with E-state index in [1.54, 1.807) is 19.9 Å². The lowest BCUT2D eigenvalue weighted by Crippen LogP contribution is -2.51. The maximum Gasteiger partial charge on any atom is 0.220 e. The van der Waals surface area contributed by atoms with E-state index in [1.807, 2.05) is 27.7 Å². The first-order valence-corrected chi connectivity index (χ1v) is 19.1. The monoisotopic (exact) mass is 735 g/mol. The quantitative estimate of drug-likeness (QED) is 0.201. The van der Waals surface area contributed by atoms with Crippen molar-refractivity contribution in [3.05, 3.63) is 77.6 Å². The molecule has 290 valence electrons. The summed E-state index contributed by atoms with van der Waals surface area (Å²) in [6.45, 7) is 16.7. The molecular formula is C42H57NO10. The molecule has 3 aliphatic carbocycles. The topological polar surface area (TPSA) is 194 Å². The van der Waals surface area contributed by atoms with E-state index < -0.39 is 69.6 Å². The Kier molecular flexibility index (Phi) is 9.98. The molecule has 0 aromatic heterocycles. The predicted molar refractivity (Wildman–Crippen MR) is 198 cm³/mol. The minimum absolute atomic E-state index is 0.00684. The van der Waals surface area contributed by atoms with Crippen molar-refractivity contribution in [2.45, 2.75) is 137 Å². The van der Waals surface area contributed by atoms with Crippen molar-refractivity contribution in [1.29, 1.82) is 0 Å². The second-order valence-corrected chi connectivity index (χ2v) is 17.8. The first-order valence-electron chi connectivity index (χ1n) is 19.1. The van der Waals surface area contributed by atoms with Crippen LogP contribution in [0.4, 0.5) is 0 Å². The summed E-state index contributed by atoms with van der Waals surface area (Å²) in [5.74, 6) is -4.11. The van der Waals surface area contributed by atoms with E-state index in [4.69, 9.17) is 4.74 Å². The summed E-state index contributed by atoms with van der Waals surface area (Å²) in [6, 6.07) is 4.02. The van der Waals surface area contributed by atoms with Gasteiger partial charge in [0.15, 0.2) is 23.5 Å². The summed E-state index contributed by atoms with van der Waals surface area (Å²) < 4.78 is 6.64. The summed E-state index contributed by atoms with van der Waals surface area (Å²) in [5, 5.41) is 72.5. The van der Waals surface area contributed by atoms with Gasteiger partial charge in [0, 0.05) is 29.7 Å². The molecule has 2 saturated carbocycles. The number of rotatable bonds is 7. The van der Waals surface area contributed by atoms with Crippen LogP contribution in [0.25, 0.3) is 0 Å². The fourth-order valence-electron chi connectivity index (χ4n) is 11.0. The van der Waals surface area contributed by atoms with Crippen molar-refractivity contribution in [2.24, 2.45) is 34.5 Å². The molecule has 0 bridgehead atoms. The van der Waals surface area contributed by atoms with Crippen LogP contribution in [0.1, 0.15) is 131 Å². The Labute approximate surface area is 311 Å². The number of nitrogens with one attached hydrogen (secondary N) is 1. The van der Waals surface area contributed by atoms with Crippen LogP contribution in [0.2, 0.25) is 0 Å². The van der Waals surface area contributed by atoms with Crippen molar-refractivity contribution >= 4 is 5.91 Å². The molecule has 4 aliphatic rings. The van der Waals surface area contributed by atoms with Crippen molar-refractivity contribution in [3.8, 4) is 11.5 Å². The van der Waals surface area contributed by atoms with Gasteiger partial charge in [-0.2, -0.15) is 0 Å². The Morgan fingerprint density at radius 2 is 1.43 bits per heavy atom. The molecule has 11 nitrogen and oxygen atoms in total. The van der Waals surface area contributed by atoms with Crippen LogP contribution in [-0.2, 0) is 21.7 Å². The van der Waals surface area contributed by atoms with E-state index in [1.165, 1.54) is 13.0 Å². The molecule has 6 rings (SSSR count). The number of hydrogen-bond acceptors (Lipinski definition) is 10. The third-order valence-corrected chi connectivity index (χ3v) is 14.0. The van der Waals surface area contributed by atoms with Crippen LogP contribution in [0, 0.1) is 48.3 Å². The lowest BCUT2D eigenvalue weighted by molar-refractivity contribution is -0.279. The van der Waals surface area contributed by atoms with Crippen LogP contribution >= 0.6 is 0 Å². The second-order valence-electron chi connectivity index (χ2n) is 17.8. The van der Waals surface area contributed by atoms with E-state index in [2.05, 4.69) is 19.2 Å². The largest absolute Gasteiger partial charge is 0.504 e. The summed E-state index contributed by atoms with van der Waals surface area (Å²) in [4.78, 5) is 39.1. The summed E-state index contributed by atoms with van der Waals surface area (Å²) in [5.41, 5.74) is -0.333. The van der Waals surface area contributed by atoms with Crippen LogP contribution in [0.15, 0.2) is 27.8 Å². The Morgan fingerprint density at radius 3 is 2.04 bits per heavy atom. The maximum atomic E-state index is 13.7. The molecule has 7 N–H and O–H groups in total. The van der Waals surface area contributed by atoms with Crippen LogP contribution in [0.3, 0.4) is 0 Å². The van der Waals surface area contributed by atoms with Crippen molar-refractivity contribution in [1.82, 2.24) is 5.32 Å². The summed E-state index contributed by atoms with van der Waals surface area (Å²) in [6.07, 6.45) is -2.98. The smallest absolute Gasteiger partial charge is 0.220 e. The van der Waals surface area contributed by atoms with E-state index >= 15 is 0 Å². The molecule has 0 unspecified atom stereocenters. The molecular weight excluding hydrogens is 678 g/mol. The highest BCUT2D eigenvalue weighted by molar-refractivity contribution is 5.73. The minimum Gasteiger partial charge on any atom is -0.504 e. The molecule has 11 atom stereocenters. The Bertz CT molecular complexity index is 1950. The van der Waals surface area contributed by atoms with Gasteiger partial charge in [-0.1, -0.05) is 41.5 Å². The number of aromatic hydroxyl groups is 2. The molecule has 1 amide bonds. The number of carbonyl (C=O) groups is 1. The van der Waals surface area contributed by atoms with Crippen molar-refractivity contribution in [2.75, 3.05) is 0 Å². The number of hydrogen-bond donors (Lipinski definition) is 7. The molecule has 1 aliphatic heterocycles. The average molecular weight is 736 g/mol. The van der Waals surface area contributed by atoms with Gasteiger partial charge in [0.05, 0.1) is 6.10 Å². The van der Waals surface area contributed by atoms with Crippen molar-refractivity contribution in [3.63, 3.8) is 0 Å². The average Bonchev–Trinajstić information content (AvgIpc) is 3.57. The highest BCUT2D eigenvalue weighted by Gasteiger charge is 2.61. The third kappa shape index (κ3) is 6.02. The normalized spacial score (nSPS) is 34.5. The van der Waals surface area contributed by atoms with E-state index in [-0.39, 0.29) is 52.9 Å². The molecule has 0 spiro atoms. The number of aliphatic hydroxyl groups excluding tert-OH is 3. The van der Waals surface area contributed by atoms with E-state index in [0.717, 1.165) is 18.1 Å². The Morgan fingerprint density at radius 1 is 0.868 bits per heavy atom.